The lowest BCUT2D eigenvalue weighted by molar-refractivity contribution is -0.134. The highest BCUT2D eigenvalue weighted by Gasteiger charge is 2.78. The molecule has 0 bridgehead atoms. The number of hydrogen-bond acceptors (Lipinski definition) is 6. The number of rotatable bonds is 6. The molecule has 4 fully saturated rings. The molecule has 3 N–H and O–H groups in total. The zero-order valence-electron chi connectivity index (χ0n) is 28.8. The van der Waals surface area contributed by atoms with E-state index in [2.05, 4.69) is 42.4 Å². The fraction of sp³-hybridized carbons (Fsp3) is 0.487. The summed E-state index contributed by atoms with van der Waals surface area (Å²) in [5.74, 6) is -3.29. The van der Waals surface area contributed by atoms with Crippen molar-refractivity contribution in [1.82, 2.24) is 30.3 Å². The second kappa shape index (κ2) is 12.0. The summed E-state index contributed by atoms with van der Waals surface area (Å²) in [7, 11) is 0. The standard InChI is InChI=1S/C39H43F2N7O3/c1-38-21-32-29(20-33(38)39(38,40)41)35(45-44-32)31-18-25-2-3-26(19-30(25)42-31)37(51)48-16-14-46(15-17-48)22-23-10-12-47(13-11-23)27-6-4-24(5-7-27)28-8-9-34(49)43-36(28)50/h2-7,18-19,23,28,33,42H,8-17,20-22H2,1H3,(H,44,45)(H,43,49,50)/t28?,33-,38+/m0/s1. The second-order valence-electron chi connectivity index (χ2n) is 15.6. The van der Waals surface area contributed by atoms with E-state index in [9.17, 15) is 23.2 Å². The number of benzene rings is 2. The minimum absolute atomic E-state index is 0.0250. The molecule has 1 saturated carbocycles. The van der Waals surface area contributed by atoms with E-state index >= 15 is 0 Å². The highest BCUT2D eigenvalue weighted by atomic mass is 19.3. The lowest BCUT2D eigenvalue weighted by atomic mass is 9.87. The van der Waals surface area contributed by atoms with Gasteiger partial charge in [-0.1, -0.05) is 25.1 Å². The molecular formula is C39H43F2N7O3. The van der Waals surface area contributed by atoms with Gasteiger partial charge in [-0.2, -0.15) is 5.10 Å². The number of piperazine rings is 1. The van der Waals surface area contributed by atoms with Crippen LogP contribution in [0.25, 0.3) is 22.3 Å². The van der Waals surface area contributed by atoms with Crippen LogP contribution in [-0.4, -0.2) is 94.4 Å². The molecule has 3 amide bonds. The average molecular weight is 696 g/mol. The van der Waals surface area contributed by atoms with Crippen LogP contribution in [0.2, 0.25) is 0 Å². The van der Waals surface area contributed by atoms with Crippen molar-refractivity contribution in [3.05, 3.63) is 70.9 Å². The summed E-state index contributed by atoms with van der Waals surface area (Å²) in [5, 5.41) is 10.9. The van der Waals surface area contributed by atoms with Gasteiger partial charge in [0, 0.05) is 103 Å². The Morgan fingerprint density at radius 3 is 2.47 bits per heavy atom. The average Bonchev–Trinajstić information content (AvgIpc) is 3.52. The number of aromatic nitrogens is 3. The molecule has 266 valence electrons. The highest BCUT2D eigenvalue weighted by Crippen LogP contribution is 2.70. The van der Waals surface area contributed by atoms with Crippen molar-refractivity contribution in [1.29, 1.82) is 0 Å². The minimum atomic E-state index is -2.64. The molecule has 51 heavy (non-hydrogen) atoms. The molecule has 0 radical (unpaired) electrons. The quantitative estimate of drug-likeness (QED) is 0.241. The molecule has 3 aliphatic heterocycles. The fourth-order valence-corrected chi connectivity index (χ4v) is 9.20. The predicted octanol–water partition coefficient (Wildman–Crippen LogP) is 5.12. The van der Waals surface area contributed by atoms with Crippen LogP contribution in [0.4, 0.5) is 14.5 Å². The van der Waals surface area contributed by atoms with Gasteiger partial charge in [0.05, 0.1) is 11.6 Å². The number of imide groups is 1. The van der Waals surface area contributed by atoms with E-state index in [0.29, 0.717) is 55.9 Å². The molecule has 2 aromatic carbocycles. The predicted molar refractivity (Wildman–Crippen MR) is 189 cm³/mol. The number of H-pyrrole nitrogens is 2. The van der Waals surface area contributed by atoms with Crippen LogP contribution < -0.4 is 10.2 Å². The summed E-state index contributed by atoms with van der Waals surface area (Å²) < 4.78 is 28.9. The van der Waals surface area contributed by atoms with Gasteiger partial charge in [-0.3, -0.25) is 29.7 Å². The van der Waals surface area contributed by atoms with Crippen LogP contribution in [0.3, 0.4) is 0 Å². The Balaban J connectivity index is 0.767. The Hall–Kier alpha value is -4.58. The van der Waals surface area contributed by atoms with E-state index in [1.807, 2.05) is 41.3 Å². The number of fused-ring (bicyclic) bond motifs is 3. The maximum absolute atomic E-state index is 14.5. The molecule has 0 spiro atoms. The van der Waals surface area contributed by atoms with Crippen LogP contribution in [0, 0.1) is 17.3 Å². The van der Waals surface area contributed by atoms with Gasteiger partial charge in [-0.05, 0) is 67.5 Å². The number of aromatic amines is 2. The molecule has 1 unspecified atom stereocenters. The molecule has 2 aliphatic carbocycles. The van der Waals surface area contributed by atoms with Crippen LogP contribution in [0.1, 0.15) is 65.7 Å². The van der Waals surface area contributed by atoms with Gasteiger partial charge in [0.25, 0.3) is 11.8 Å². The minimum Gasteiger partial charge on any atom is -0.372 e. The van der Waals surface area contributed by atoms with Crippen LogP contribution >= 0.6 is 0 Å². The third-order valence-corrected chi connectivity index (χ3v) is 12.6. The Bertz CT molecular complexity index is 2020. The Morgan fingerprint density at radius 1 is 0.961 bits per heavy atom. The normalized spacial score (nSPS) is 26.6. The molecule has 3 saturated heterocycles. The van der Waals surface area contributed by atoms with E-state index in [1.165, 1.54) is 5.69 Å². The van der Waals surface area contributed by atoms with Gasteiger partial charge in [0.15, 0.2) is 0 Å². The molecule has 2 aromatic heterocycles. The first-order valence-corrected chi connectivity index (χ1v) is 18.3. The first-order chi connectivity index (χ1) is 24.6. The monoisotopic (exact) mass is 695 g/mol. The summed E-state index contributed by atoms with van der Waals surface area (Å²) in [6, 6.07) is 16.0. The third-order valence-electron chi connectivity index (χ3n) is 12.6. The van der Waals surface area contributed by atoms with Crippen LogP contribution in [0.15, 0.2) is 48.5 Å². The van der Waals surface area contributed by atoms with Crippen molar-refractivity contribution in [2.24, 2.45) is 17.3 Å². The molecule has 10 nitrogen and oxygen atoms in total. The Labute approximate surface area is 294 Å². The molecule has 5 heterocycles. The highest BCUT2D eigenvalue weighted by molar-refractivity contribution is 6.01. The number of anilines is 1. The van der Waals surface area contributed by atoms with E-state index in [-0.39, 0.29) is 23.6 Å². The first kappa shape index (κ1) is 32.3. The number of piperidine rings is 2. The number of nitrogens with zero attached hydrogens (tertiary/aromatic N) is 4. The van der Waals surface area contributed by atoms with Gasteiger partial charge in [0.2, 0.25) is 11.8 Å². The van der Waals surface area contributed by atoms with Gasteiger partial charge in [-0.15, -0.1) is 0 Å². The van der Waals surface area contributed by atoms with Crippen LogP contribution in [0.5, 0.6) is 0 Å². The SMILES string of the molecule is C[C@@]12Cc3[nH]nc(-c4cc5ccc(C(=O)N6CCN(CC7CCN(c8ccc(C9CCC(=O)NC9=O)cc8)CC7)CC6)cc5[nH]4)c3C[C@@H]1C2(F)F. The smallest absolute Gasteiger partial charge is 0.258 e. The van der Waals surface area contributed by atoms with Gasteiger partial charge in [0.1, 0.15) is 5.69 Å². The number of carbonyl (C=O) groups is 3. The van der Waals surface area contributed by atoms with E-state index < -0.39 is 17.3 Å². The van der Waals surface area contributed by atoms with Gasteiger partial charge < -0.3 is 14.8 Å². The second-order valence-corrected chi connectivity index (χ2v) is 15.6. The van der Waals surface area contributed by atoms with Crippen LogP contribution in [-0.2, 0) is 22.4 Å². The van der Waals surface area contributed by atoms with Gasteiger partial charge >= 0.3 is 0 Å². The molecule has 12 heteroatoms. The van der Waals surface area contributed by atoms with Gasteiger partial charge in [-0.25, -0.2) is 8.78 Å². The van der Waals surface area contributed by atoms with Crippen molar-refractivity contribution in [2.75, 3.05) is 50.7 Å². The fourth-order valence-electron chi connectivity index (χ4n) is 9.20. The Kier molecular flexibility index (Phi) is 7.61. The number of amides is 3. The molecule has 9 rings (SSSR count). The summed E-state index contributed by atoms with van der Waals surface area (Å²) in [5.41, 5.74) is 5.78. The lowest BCUT2D eigenvalue weighted by Gasteiger charge is -2.39. The number of nitrogens with one attached hydrogen (secondary N) is 3. The molecule has 3 atom stereocenters. The van der Waals surface area contributed by atoms with E-state index in [0.717, 1.165) is 79.0 Å². The van der Waals surface area contributed by atoms with Crippen molar-refractivity contribution in [3.8, 4) is 11.4 Å². The zero-order valence-corrected chi connectivity index (χ0v) is 28.8. The van der Waals surface area contributed by atoms with Crippen molar-refractivity contribution in [2.45, 2.75) is 57.3 Å². The summed E-state index contributed by atoms with van der Waals surface area (Å²) in [6.07, 6.45) is 3.80. The summed E-state index contributed by atoms with van der Waals surface area (Å²) in [6.45, 7) is 7.77. The van der Waals surface area contributed by atoms with Crippen molar-refractivity contribution < 1.29 is 23.2 Å². The van der Waals surface area contributed by atoms with E-state index in [1.54, 1.807) is 6.92 Å². The maximum Gasteiger partial charge on any atom is 0.258 e. The molecule has 4 aromatic rings. The molecular weight excluding hydrogens is 652 g/mol. The lowest BCUT2D eigenvalue weighted by Crippen LogP contribution is -2.50. The van der Waals surface area contributed by atoms with Crippen molar-refractivity contribution in [3.63, 3.8) is 0 Å². The third kappa shape index (κ3) is 5.53. The summed E-state index contributed by atoms with van der Waals surface area (Å²) in [4.78, 5) is 47.6. The largest absolute Gasteiger partial charge is 0.372 e. The summed E-state index contributed by atoms with van der Waals surface area (Å²) >= 11 is 0. The number of carbonyl (C=O) groups excluding carboxylic acids is 3. The number of halogens is 2. The zero-order chi connectivity index (χ0) is 35.1. The Morgan fingerprint density at radius 2 is 1.73 bits per heavy atom. The number of hydrogen-bond donors (Lipinski definition) is 3. The molecule has 5 aliphatic rings. The van der Waals surface area contributed by atoms with Crippen molar-refractivity contribution >= 4 is 34.3 Å². The number of alkyl halides is 2. The maximum atomic E-state index is 14.5. The first-order valence-electron chi connectivity index (χ1n) is 18.3. The topological polar surface area (TPSA) is 117 Å². The van der Waals surface area contributed by atoms with E-state index in [4.69, 9.17) is 0 Å².